The standard InChI is InChI=1S/C16H20ClN5O2/c1-10-7-11(5-6-13(10)20-14(23)9-21(2)3)19-16(24)15-12(17)8-18-22(15)4/h5-8H,9H2,1-4H3,(H,19,24)(H,20,23). The van der Waals surface area contributed by atoms with Crippen molar-refractivity contribution >= 4 is 34.8 Å². The van der Waals surface area contributed by atoms with E-state index in [-0.39, 0.29) is 17.5 Å². The van der Waals surface area contributed by atoms with Crippen LogP contribution in [0, 0.1) is 6.92 Å². The average Bonchev–Trinajstić information content (AvgIpc) is 2.80. The van der Waals surface area contributed by atoms with E-state index in [1.165, 1.54) is 10.9 Å². The molecule has 2 rings (SSSR count). The molecule has 7 nitrogen and oxygen atoms in total. The maximum Gasteiger partial charge on any atom is 0.275 e. The largest absolute Gasteiger partial charge is 0.325 e. The number of nitrogens with zero attached hydrogens (tertiary/aromatic N) is 3. The average molecular weight is 350 g/mol. The molecule has 0 spiro atoms. The van der Waals surface area contributed by atoms with Crippen LogP contribution in [0.25, 0.3) is 0 Å². The normalized spacial score (nSPS) is 10.8. The van der Waals surface area contributed by atoms with Gasteiger partial charge in [-0.3, -0.25) is 14.3 Å². The van der Waals surface area contributed by atoms with Gasteiger partial charge in [-0.25, -0.2) is 0 Å². The summed E-state index contributed by atoms with van der Waals surface area (Å²) in [7, 11) is 5.30. The summed E-state index contributed by atoms with van der Waals surface area (Å²) >= 11 is 5.97. The maximum atomic E-state index is 12.3. The first-order valence-electron chi connectivity index (χ1n) is 7.32. The summed E-state index contributed by atoms with van der Waals surface area (Å²) in [5.41, 5.74) is 2.45. The van der Waals surface area contributed by atoms with E-state index in [0.717, 1.165) is 5.56 Å². The lowest BCUT2D eigenvalue weighted by atomic mass is 10.1. The van der Waals surface area contributed by atoms with E-state index in [4.69, 9.17) is 11.6 Å². The van der Waals surface area contributed by atoms with Crippen molar-refractivity contribution in [2.24, 2.45) is 7.05 Å². The highest BCUT2D eigenvalue weighted by molar-refractivity contribution is 6.34. The number of hydrogen-bond donors (Lipinski definition) is 2. The Balaban J connectivity index is 2.09. The Hall–Kier alpha value is -2.38. The molecule has 1 aromatic carbocycles. The number of anilines is 2. The monoisotopic (exact) mass is 349 g/mol. The summed E-state index contributed by atoms with van der Waals surface area (Å²) in [4.78, 5) is 25.9. The molecule has 0 fully saturated rings. The van der Waals surface area contributed by atoms with E-state index in [0.29, 0.717) is 22.9 Å². The minimum atomic E-state index is -0.344. The number of halogens is 1. The molecule has 8 heteroatoms. The molecule has 0 radical (unpaired) electrons. The number of carbonyl (C=O) groups is 2. The summed E-state index contributed by atoms with van der Waals surface area (Å²) in [5.74, 6) is -0.439. The Morgan fingerprint density at radius 2 is 2.00 bits per heavy atom. The Kier molecular flexibility index (Phi) is 5.58. The van der Waals surface area contributed by atoms with Crippen LogP contribution in [0.1, 0.15) is 16.1 Å². The van der Waals surface area contributed by atoms with Gasteiger partial charge in [0.05, 0.1) is 17.8 Å². The van der Waals surface area contributed by atoms with Crippen molar-refractivity contribution in [2.75, 3.05) is 31.3 Å². The molecule has 24 heavy (non-hydrogen) atoms. The lowest BCUT2D eigenvalue weighted by Gasteiger charge is -2.13. The molecule has 128 valence electrons. The van der Waals surface area contributed by atoms with Crippen molar-refractivity contribution in [2.45, 2.75) is 6.92 Å². The highest BCUT2D eigenvalue weighted by atomic mass is 35.5. The first-order valence-corrected chi connectivity index (χ1v) is 7.70. The zero-order valence-electron chi connectivity index (χ0n) is 14.1. The minimum absolute atomic E-state index is 0.0958. The van der Waals surface area contributed by atoms with Crippen molar-refractivity contribution in [1.82, 2.24) is 14.7 Å². The number of nitrogens with one attached hydrogen (secondary N) is 2. The van der Waals surface area contributed by atoms with E-state index in [2.05, 4.69) is 15.7 Å². The van der Waals surface area contributed by atoms with Gasteiger partial charge in [0.1, 0.15) is 5.69 Å². The van der Waals surface area contributed by atoms with E-state index in [1.807, 2.05) is 21.0 Å². The molecule has 0 aliphatic carbocycles. The van der Waals surface area contributed by atoms with Gasteiger partial charge < -0.3 is 15.5 Å². The molecule has 0 unspecified atom stereocenters. The van der Waals surface area contributed by atoms with Crippen molar-refractivity contribution in [3.63, 3.8) is 0 Å². The SMILES string of the molecule is Cc1cc(NC(=O)c2c(Cl)cnn2C)ccc1NC(=O)CN(C)C. The smallest absolute Gasteiger partial charge is 0.275 e. The van der Waals surface area contributed by atoms with Crippen molar-refractivity contribution in [3.8, 4) is 0 Å². The second-order valence-corrected chi connectivity index (χ2v) is 6.14. The lowest BCUT2D eigenvalue weighted by Crippen LogP contribution is -2.27. The zero-order chi connectivity index (χ0) is 17.9. The fourth-order valence-electron chi connectivity index (χ4n) is 2.22. The molecule has 1 heterocycles. The van der Waals surface area contributed by atoms with Crippen LogP contribution < -0.4 is 10.6 Å². The van der Waals surface area contributed by atoms with E-state index in [1.54, 1.807) is 30.1 Å². The van der Waals surface area contributed by atoms with Crippen LogP contribution in [0.15, 0.2) is 24.4 Å². The van der Waals surface area contributed by atoms with Gasteiger partial charge in [-0.15, -0.1) is 0 Å². The predicted molar refractivity (Wildman–Crippen MR) is 94.5 cm³/mol. The van der Waals surface area contributed by atoms with Crippen LogP contribution in [0.3, 0.4) is 0 Å². The fourth-order valence-corrected chi connectivity index (χ4v) is 2.47. The molecular formula is C16H20ClN5O2. The van der Waals surface area contributed by atoms with Crippen LogP contribution in [0.5, 0.6) is 0 Å². The molecule has 0 saturated heterocycles. The molecule has 0 bridgehead atoms. The third kappa shape index (κ3) is 4.33. The van der Waals surface area contributed by atoms with Gasteiger partial charge in [-0.05, 0) is 44.8 Å². The Morgan fingerprint density at radius 1 is 1.29 bits per heavy atom. The van der Waals surface area contributed by atoms with Crippen LogP contribution in [-0.2, 0) is 11.8 Å². The summed E-state index contributed by atoms with van der Waals surface area (Å²) in [6.07, 6.45) is 1.42. The quantitative estimate of drug-likeness (QED) is 0.866. The number of carbonyl (C=O) groups excluding carboxylic acids is 2. The third-order valence-corrected chi connectivity index (χ3v) is 3.60. The Bertz CT molecular complexity index is 750. The number of likely N-dealkylation sites (N-methyl/N-ethyl adjacent to an activating group) is 1. The molecule has 2 aromatic rings. The second kappa shape index (κ2) is 7.46. The van der Waals surface area contributed by atoms with Crippen LogP contribution in [0.4, 0.5) is 11.4 Å². The molecule has 0 aliphatic rings. The topological polar surface area (TPSA) is 79.3 Å². The number of rotatable bonds is 5. The van der Waals surface area contributed by atoms with Gasteiger partial charge in [0, 0.05) is 18.4 Å². The maximum absolute atomic E-state index is 12.3. The Morgan fingerprint density at radius 3 is 2.54 bits per heavy atom. The van der Waals surface area contributed by atoms with Gasteiger partial charge in [0.25, 0.3) is 5.91 Å². The van der Waals surface area contributed by atoms with Gasteiger partial charge in [-0.1, -0.05) is 11.6 Å². The minimum Gasteiger partial charge on any atom is -0.325 e. The van der Waals surface area contributed by atoms with E-state index in [9.17, 15) is 9.59 Å². The molecule has 1 aromatic heterocycles. The number of amides is 2. The summed E-state index contributed by atoms with van der Waals surface area (Å²) < 4.78 is 1.42. The van der Waals surface area contributed by atoms with Gasteiger partial charge >= 0.3 is 0 Å². The van der Waals surface area contributed by atoms with E-state index < -0.39 is 0 Å². The first-order chi connectivity index (χ1) is 11.3. The number of aromatic nitrogens is 2. The van der Waals surface area contributed by atoms with Gasteiger partial charge in [-0.2, -0.15) is 5.10 Å². The van der Waals surface area contributed by atoms with Crippen LogP contribution >= 0.6 is 11.6 Å². The number of benzene rings is 1. The molecule has 0 aliphatic heterocycles. The summed E-state index contributed by atoms with van der Waals surface area (Å²) in [5, 5.41) is 9.84. The van der Waals surface area contributed by atoms with Crippen molar-refractivity contribution in [3.05, 3.63) is 40.7 Å². The Labute approximate surface area is 145 Å². The highest BCUT2D eigenvalue weighted by Crippen LogP contribution is 2.21. The van der Waals surface area contributed by atoms with Gasteiger partial charge in [0.2, 0.25) is 5.91 Å². The highest BCUT2D eigenvalue weighted by Gasteiger charge is 2.16. The number of hydrogen-bond acceptors (Lipinski definition) is 4. The van der Waals surface area contributed by atoms with Crippen LogP contribution in [0.2, 0.25) is 5.02 Å². The van der Waals surface area contributed by atoms with Crippen molar-refractivity contribution < 1.29 is 9.59 Å². The number of aryl methyl sites for hydroxylation is 2. The molecule has 0 atom stereocenters. The molecule has 2 N–H and O–H groups in total. The van der Waals surface area contributed by atoms with Crippen molar-refractivity contribution in [1.29, 1.82) is 0 Å². The van der Waals surface area contributed by atoms with Gasteiger partial charge in [0.15, 0.2) is 0 Å². The predicted octanol–water partition coefficient (Wildman–Crippen LogP) is 2.13. The molecule has 0 saturated carbocycles. The second-order valence-electron chi connectivity index (χ2n) is 5.73. The summed E-state index contributed by atoms with van der Waals surface area (Å²) in [6.45, 7) is 2.16. The summed E-state index contributed by atoms with van der Waals surface area (Å²) in [6, 6.07) is 5.26. The molecule has 2 amide bonds. The van der Waals surface area contributed by atoms with Crippen LogP contribution in [-0.4, -0.2) is 47.1 Å². The molecular weight excluding hydrogens is 330 g/mol. The van der Waals surface area contributed by atoms with E-state index >= 15 is 0 Å². The lowest BCUT2D eigenvalue weighted by molar-refractivity contribution is -0.116. The fraction of sp³-hybridized carbons (Fsp3) is 0.312. The first kappa shape index (κ1) is 18.0. The third-order valence-electron chi connectivity index (χ3n) is 3.33. The zero-order valence-corrected chi connectivity index (χ0v) is 14.8.